The summed E-state index contributed by atoms with van der Waals surface area (Å²) in [6.45, 7) is 0. The third-order valence-electron chi connectivity index (χ3n) is 0.667. The van der Waals surface area contributed by atoms with E-state index in [1.54, 1.807) is 0 Å². The summed E-state index contributed by atoms with van der Waals surface area (Å²) in [5.41, 5.74) is 0. The van der Waals surface area contributed by atoms with Crippen LogP contribution < -0.4 is 0 Å². The average Bonchev–Trinajstić information content (AvgIpc) is 1.72. The van der Waals surface area contributed by atoms with Crippen molar-refractivity contribution in [3.8, 4) is 0 Å². The standard InChI is InChI=1S/C6H6.Ru/c1-2-4-6-5-3-1;/h1-6H;/q;+6. The fourth-order valence-electron chi connectivity index (χ4n) is 0.385. The van der Waals surface area contributed by atoms with Gasteiger partial charge in [-0.1, -0.05) is 36.4 Å². The molecule has 0 spiro atoms. The first-order chi connectivity index (χ1) is 3.00. The summed E-state index contributed by atoms with van der Waals surface area (Å²) in [5.74, 6) is 0. The van der Waals surface area contributed by atoms with Gasteiger partial charge in [-0.2, -0.15) is 0 Å². The number of rotatable bonds is 0. The Balaban J connectivity index is 0.000000360. The maximum atomic E-state index is 2.00. The molecule has 7 heavy (non-hydrogen) atoms. The Kier molecular flexibility index (Phi) is 3.92. The van der Waals surface area contributed by atoms with Crippen LogP contribution >= 0.6 is 0 Å². The van der Waals surface area contributed by atoms with Crippen LogP contribution in [-0.4, -0.2) is 0 Å². The second-order valence-electron chi connectivity index (χ2n) is 1.15. The molecule has 1 aromatic rings. The zero-order valence-corrected chi connectivity index (χ0v) is 5.56. The number of hydrogen-bond acceptors (Lipinski definition) is 0. The van der Waals surface area contributed by atoms with Gasteiger partial charge in [0, 0.05) is 0 Å². The second kappa shape index (κ2) is 4.01. The first-order valence-corrected chi connectivity index (χ1v) is 2.00. The van der Waals surface area contributed by atoms with E-state index in [1.165, 1.54) is 0 Å². The molecule has 0 N–H and O–H groups in total. The first-order valence-electron chi connectivity index (χ1n) is 2.00. The molecule has 0 fully saturated rings. The molecule has 0 saturated carbocycles. The van der Waals surface area contributed by atoms with Crippen molar-refractivity contribution in [2.24, 2.45) is 0 Å². The van der Waals surface area contributed by atoms with Crippen LogP contribution in [0.3, 0.4) is 0 Å². The summed E-state index contributed by atoms with van der Waals surface area (Å²) in [6.07, 6.45) is 0. The smallest absolute Gasteiger partial charge is 0.0623 e. The van der Waals surface area contributed by atoms with Gasteiger partial charge in [0.15, 0.2) is 0 Å². The minimum absolute atomic E-state index is 0. The average molecular weight is 179 g/mol. The van der Waals surface area contributed by atoms with Crippen LogP contribution in [0.5, 0.6) is 0 Å². The topological polar surface area (TPSA) is 0 Å². The number of benzene rings is 1. The van der Waals surface area contributed by atoms with Gasteiger partial charge in [-0.05, 0) is 0 Å². The van der Waals surface area contributed by atoms with Crippen molar-refractivity contribution in [3.05, 3.63) is 36.4 Å². The molecule has 0 saturated heterocycles. The van der Waals surface area contributed by atoms with Gasteiger partial charge in [0.1, 0.15) is 0 Å². The van der Waals surface area contributed by atoms with Gasteiger partial charge in [0.25, 0.3) is 0 Å². The Bertz CT molecular complexity index is 76.1. The summed E-state index contributed by atoms with van der Waals surface area (Å²) >= 11 is 0. The molecule has 0 radical (unpaired) electrons. The van der Waals surface area contributed by atoms with Crippen LogP contribution in [0.4, 0.5) is 0 Å². The van der Waals surface area contributed by atoms with E-state index in [4.69, 9.17) is 0 Å². The monoisotopic (exact) mass is 180 g/mol. The first kappa shape index (κ1) is 6.84. The fourth-order valence-corrected chi connectivity index (χ4v) is 0.385. The predicted molar refractivity (Wildman–Crippen MR) is 26.4 cm³/mol. The molecule has 32 valence electrons. The fraction of sp³-hybridized carbons (Fsp3) is 0. The van der Waals surface area contributed by atoms with Gasteiger partial charge < -0.3 is 0 Å². The van der Waals surface area contributed by atoms with Crippen molar-refractivity contribution >= 4 is 0 Å². The molecule has 1 heteroatoms. The Morgan fingerprint density at radius 2 is 0.571 bits per heavy atom. The van der Waals surface area contributed by atoms with E-state index in [1.807, 2.05) is 36.4 Å². The number of hydrogen-bond donors (Lipinski definition) is 0. The van der Waals surface area contributed by atoms with Crippen molar-refractivity contribution in [2.45, 2.75) is 0 Å². The minimum atomic E-state index is 0. The largest absolute Gasteiger partial charge is 6.00 e. The molecule has 1 rings (SSSR count). The van der Waals surface area contributed by atoms with Crippen molar-refractivity contribution in [1.29, 1.82) is 0 Å². The Hall–Kier alpha value is -0.157. The van der Waals surface area contributed by atoms with Gasteiger partial charge >= 0.3 is 19.5 Å². The summed E-state index contributed by atoms with van der Waals surface area (Å²) < 4.78 is 0. The molecule has 0 nitrogen and oxygen atoms in total. The van der Waals surface area contributed by atoms with Crippen LogP contribution in [-0.2, 0) is 19.5 Å². The van der Waals surface area contributed by atoms with Crippen molar-refractivity contribution in [1.82, 2.24) is 0 Å². The zero-order chi connectivity index (χ0) is 4.24. The van der Waals surface area contributed by atoms with Crippen LogP contribution in [0.15, 0.2) is 36.4 Å². The normalized spacial score (nSPS) is 6.86. The molecule has 1 aromatic carbocycles. The van der Waals surface area contributed by atoms with Crippen molar-refractivity contribution in [3.63, 3.8) is 0 Å². The summed E-state index contributed by atoms with van der Waals surface area (Å²) in [4.78, 5) is 0. The van der Waals surface area contributed by atoms with Gasteiger partial charge in [0.05, 0.1) is 0 Å². The van der Waals surface area contributed by atoms with Crippen LogP contribution in [0, 0.1) is 0 Å². The zero-order valence-electron chi connectivity index (χ0n) is 3.82. The molecule has 0 heterocycles. The molecule has 0 aliphatic carbocycles. The van der Waals surface area contributed by atoms with Gasteiger partial charge in [-0.15, -0.1) is 0 Å². The third-order valence-corrected chi connectivity index (χ3v) is 0.667. The molecule has 0 bridgehead atoms. The summed E-state index contributed by atoms with van der Waals surface area (Å²) in [7, 11) is 0. The Morgan fingerprint density at radius 3 is 0.714 bits per heavy atom. The second-order valence-corrected chi connectivity index (χ2v) is 1.15. The van der Waals surface area contributed by atoms with Gasteiger partial charge in [-0.25, -0.2) is 0 Å². The molecular weight excluding hydrogens is 173 g/mol. The van der Waals surface area contributed by atoms with E-state index in [0.29, 0.717) is 0 Å². The van der Waals surface area contributed by atoms with E-state index < -0.39 is 0 Å². The van der Waals surface area contributed by atoms with Gasteiger partial charge in [-0.3, -0.25) is 0 Å². The summed E-state index contributed by atoms with van der Waals surface area (Å²) in [5, 5.41) is 0. The minimum Gasteiger partial charge on any atom is -0.0623 e. The van der Waals surface area contributed by atoms with Crippen LogP contribution in [0.25, 0.3) is 0 Å². The maximum absolute atomic E-state index is 2.00. The molecule has 0 aliphatic rings. The predicted octanol–water partition coefficient (Wildman–Crippen LogP) is 1.68. The van der Waals surface area contributed by atoms with E-state index in [9.17, 15) is 0 Å². The van der Waals surface area contributed by atoms with Crippen LogP contribution in [0.2, 0.25) is 0 Å². The molecule has 0 amide bonds. The third kappa shape index (κ3) is 2.53. The summed E-state index contributed by atoms with van der Waals surface area (Å²) in [6, 6.07) is 12.0. The quantitative estimate of drug-likeness (QED) is 0.531. The Morgan fingerprint density at radius 1 is 0.429 bits per heavy atom. The van der Waals surface area contributed by atoms with Crippen LogP contribution in [0.1, 0.15) is 0 Å². The molecule has 0 aromatic heterocycles. The van der Waals surface area contributed by atoms with E-state index in [2.05, 4.69) is 0 Å². The molecule has 0 atom stereocenters. The Labute approximate surface area is 56.3 Å². The maximum Gasteiger partial charge on any atom is 6.00 e. The van der Waals surface area contributed by atoms with Crippen molar-refractivity contribution in [2.75, 3.05) is 0 Å². The van der Waals surface area contributed by atoms with Crippen molar-refractivity contribution < 1.29 is 19.5 Å². The van der Waals surface area contributed by atoms with E-state index in [0.717, 1.165) is 0 Å². The van der Waals surface area contributed by atoms with E-state index in [-0.39, 0.29) is 19.5 Å². The van der Waals surface area contributed by atoms with Gasteiger partial charge in [0.2, 0.25) is 0 Å². The van der Waals surface area contributed by atoms with E-state index >= 15 is 0 Å². The molecule has 0 aliphatic heterocycles. The molecule has 0 unspecified atom stereocenters. The molecular formula is C6H6Ru+6. The SMILES string of the molecule is [Ru+6].c1ccccc1.